The summed E-state index contributed by atoms with van der Waals surface area (Å²) in [6.07, 6.45) is -0.941. The van der Waals surface area contributed by atoms with Crippen molar-refractivity contribution in [2.75, 3.05) is 4.90 Å². The maximum absolute atomic E-state index is 14.7. The first-order chi connectivity index (χ1) is 14.8. The largest absolute Gasteiger partial charge is 0.503 e. The highest BCUT2D eigenvalue weighted by atomic mass is 35.5. The lowest BCUT2D eigenvalue weighted by atomic mass is 9.94. The molecule has 10 heteroatoms. The number of Topliss-reactive ketones (excluding diaryl/α,β-unsaturated/α-hetero) is 1. The van der Waals surface area contributed by atoms with Crippen LogP contribution in [-0.4, -0.2) is 32.9 Å². The van der Waals surface area contributed by atoms with Crippen molar-refractivity contribution in [1.82, 2.24) is 4.98 Å². The van der Waals surface area contributed by atoms with Crippen molar-refractivity contribution in [3.8, 4) is 0 Å². The third kappa shape index (κ3) is 3.77. The fraction of sp³-hybridized carbons (Fsp3) is 0.143. The van der Waals surface area contributed by atoms with Crippen LogP contribution in [0.15, 0.2) is 53.8 Å². The lowest BCUT2D eigenvalue weighted by Crippen LogP contribution is -2.31. The summed E-state index contributed by atoms with van der Waals surface area (Å²) in [4.78, 5) is 42.1. The third-order valence-electron chi connectivity index (χ3n) is 4.82. The van der Waals surface area contributed by atoms with Crippen molar-refractivity contribution < 1.29 is 29.0 Å². The second-order valence-corrected chi connectivity index (χ2v) is 8.23. The number of nitrogens with zero attached hydrogens (tertiary/aromatic N) is 2. The molecular weight excluding hydrogens is 447 g/mol. The molecule has 2 aromatic carbocycles. The van der Waals surface area contributed by atoms with Crippen molar-refractivity contribution in [2.45, 2.75) is 18.9 Å². The zero-order valence-corrected chi connectivity index (χ0v) is 17.3. The molecule has 0 saturated carbocycles. The Bertz CT molecular complexity index is 1270. The molecule has 2 heterocycles. The Morgan fingerprint density at radius 3 is 2.65 bits per heavy atom. The number of ketones is 1. The number of aromatic nitrogens is 1. The van der Waals surface area contributed by atoms with Crippen LogP contribution in [0.2, 0.25) is 5.02 Å². The number of thiazole rings is 1. The topological polar surface area (TPSA) is 108 Å². The number of anilines is 1. The Morgan fingerprint density at radius 2 is 1.94 bits per heavy atom. The Hall–Kier alpha value is -3.30. The number of aliphatic carboxylic acids is 1. The molecule has 3 aromatic rings. The summed E-state index contributed by atoms with van der Waals surface area (Å²) in [5.74, 6) is -4.42. The van der Waals surface area contributed by atoms with Crippen molar-refractivity contribution >= 4 is 55.9 Å². The monoisotopic (exact) mass is 460 g/mol. The molecule has 0 radical (unpaired) electrons. The number of aliphatic hydroxyl groups is 1. The number of carboxylic acids is 1. The molecule has 1 atom stereocenters. The summed E-state index contributed by atoms with van der Waals surface area (Å²) in [6.45, 7) is 0. The van der Waals surface area contributed by atoms with Gasteiger partial charge in [-0.3, -0.25) is 19.3 Å². The average Bonchev–Trinajstić information content (AvgIpc) is 3.24. The average molecular weight is 461 g/mol. The molecule has 1 unspecified atom stereocenters. The van der Waals surface area contributed by atoms with Crippen LogP contribution in [0.25, 0.3) is 10.2 Å². The number of hydrogen-bond acceptors (Lipinski definition) is 6. The number of carbonyl (C=O) groups excluding carboxylic acids is 2. The lowest BCUT2D eigenvalue weighted by Gasteiger charge is -2.24. The summed E-state index contributed by atoms with van der Waals surface area (Å²) >= 11 is 7.11. The van der Waals surface area contributed by atoms with Gasteiger partial charge < -0.3 is 10.2 Å². The second-order valence-electron chi connectivity index (χ2n) is 6.79. The van der Waals surface area contributed by atoms with Gasteiger partial charge in [-0.1, -0.05) is 41.1 Å². The fourth-order valence-electron chi connectivity index (χ4n) is 3.42. The van der Waals surface area contributed by atoms with Crippen LogP contribution in [0, 0.1) is 5.82 Å². The second kappa shape index (κ2) is 8.09. The van der Waals surface area contributed by atoms with Crippen LogP contribution in [0.3, 0.4) is 0 Å². The van der Waals surface area contributed by atoms with Crippen LogP contribution in [0.5, 0.6) is 0 Å². The van der Waals surface area contributed by atoms with Crippen molar-refractivity contribution in [1.29, 1.82) is 0 Å². The highest BCUT2D eigenvalue weighted by Crippen LogP contribution is 2.44. The minimum atomic E-state index is -1.29. The minimum absolute atomic E-state index is 0.0177. The van der Waals surface area contributed by atoms with E-state index in [9.17, 15) is 23.9 Å². The number of rotatable bonds is 6. The molecule has 0 fully saturated rings. The molecule has 1 amide bonds. The first-order valence-electron chi connectivity index (χ1n) is 9.10. The van der Waals surface area contributed by atoms with E-state index in [1.165, 1.54) is 24.3 Å². The first-order valence-corrected chi connectivity index (χ1v) is 10.3. The molecule has 0 bridgehead atoms. The molecule has 1 aliphatic rings. The van der Waals surface area contributed by atoms with Gasteiger partial charge in [0, 0.05) is 17.0 Å². The van der Waals surface area contributed by atoms with E-state index in [1.807, 2.05) is 0 Å². The molecule has 0 spiro atoms. The van der Waals surface area contributed by atoms with Crippen LogP contribution >= 0.6 is 22.9 Å². The number of hydrogen-bond donors (Lipinski definition) is 2. The Morgan fingerprint density at radius 1 is 1.19 bits per heavy atom. The van der Waals surface area contributed by atoms with Gasteiger partial charge in [0.15, 0.2) is 16.7 Å². The minimum Gasteiger partial charge on any atom is -0.503 e. The molecule has 4 rings (SSSR count). The molecule has 1 aromatic heterocycles. The van der Waals surface area contributed by atoms with Gasteiger partial charge in [-0.05, 0) is 24.3 Å². The van der Waals surface area contributed by atoms with E-state index in [-0.39, 0.29) is 16.3 Å². The van der Waals surface area contributed by atoms with E-state index >= 15 is 0 Å². The van der Waals surface area contributed by atoms with E-state index in [4.69, 9.17) is 16.7 Å². The maximum Gasteiger partial charge on any atom is 0.303 e. The van der Waals surface area contributed by atoms with Crippen molar-refractivity contribution in [2.24, 2.45) is 0 Å². The summed E-state index contributed by atoms with van der Waals surface area (Å²) in [6, 6.07) is 9.21. The van der Waals surface area contributed by atoms with E-state index in [1.54, 1.807) is 18.2 Å². The first kappa shape index (κ1) is 21.0. The predicted molar refractivity (Wildman–Crippen MR) is 113 cm³/mol. The van der Waals surface area contributed by atoms with Crippen LogP contribution < -0.4 is 4.90 Å². The van der Waals surface area contributed by atoms with E-state index in [0.717, 1.165) is 16.2 Å². The molecule has 1 aliphatic heterocycles. The van der Waals surface area contributed by atoms with Gasteiger partial charge in [-0.15, -0.1) is 0 Å². The zero-order chi connectivity index (χ0) is 22.3. The molecule has 2 N–H and O–H groups in total. The van der Waals surface area contributed by atoms with Crippen LogP contribution in [0.4, 0.5) is 9.52 Å². The number of fused-ring (bicyclic) bond motifs is 1. The molecule has 0 aliphatic carbocycles. The molecule has 158 valence electrons. The van der Waals surface area contributed by atoms with Crippen LogP contribution in [0.1, 0.15) is 24.4 Å². The Balaban J connectivity index is 1.86. The normalized spacial score (nSPS) is 16.4. The van der Waals surface area contributed by atoms with Gasteiger partial charge in [0.05, 0.1) is 22.2 Å². The zero-order valence-electron chi connectivity index (χ0n) is 15.7. The molecule has 7 nitrogen and oxygen atoms in total. The van der Waals surface area contributed by atoms with Gasteiger partial charge in [-0.2, -0.15) is 0 Å². The Kier molecular flexibility index (Phi) is 5.47. The number of carboxylic acid groups (broad SMARTS) is 1. The van der Waals surface area contributed by atoms with Crippen LogP contribution in [-0.2, 0) is 14.4 Å². The number of carbonyl (C=O) groups is 3. The van der Waals surface area contributed by atoms with E-state index in [0.29, 0.717) is 15.2 Å². The van der Waals surface area contributed by atoms with Gasteiger partial charge in [0.1, 0.15) is 11.9 Å². The predicted octanol–water partition coefficient (Wildman–Crippen LogP) is 4.42. The van der Waals surface area contributed by atoms with E-state index in [2.05, 4.69) is 4.98 Å². The third-order valence-corrected chi connectivity index (χ3v) is 6.07. The summed E-state index contributed by atoms with van der Waals surface area (Å²) < 4.78 is 15.4. The van der Waals surface area contributed by atoms with Gasteiger partial charge in [-0.25, -0.2) is 9.37 Å². The SMILES string of the molecule is O=C(O)CCC(=O)C1=C(O)C(=O)N(c2nc3ccc(Cl)cc3s2)C1c1ccccc1F. The standard InChI is InChI=1S/C21H14ClFN2O5S/c22-10-5-6-13-15(9-10)31-21(24-13)25-18(11-3-1-2-4-12(11)23)17(19(29)20(25)30)14(26)7-8-16(27)28/h1-6,9,18,29H,7-8H2,(H,27,28). The number of benzene rings is 2. The van der Waals surface area contributed by atoms with Gasteiger partial charge in [0.25, 0.3) is 5.91 Å². The quantitative estimate of drug-likeness (QED) is 0.563. The van der Waals surface area contributed by atoms with Crippen molar-refractivity contribution in [3.05, 3.63) is 70.2 Å². The van der Waals surface area contributed by atoms with Gasteiger partial charge in [0.2, 0.25) is 0 Å². The molecule has 31 heavy (non-hydrogen) atoms. The smallest absolute Gasteiger partial charge is 0.303 e. The number of amides is 1. The molecular formula is C21H14ClFN2O5S. The highest BCUT2D eigenvalue weighted by Gasteiger charge is 2.46. The lowest BCUT2D eigenvalue weighted by molar-refractivity contribution is -0.138. The summed E-state index contributed by atoms with van der Waals surface area (Å²) in [7, 11) is 0. The summed E-state index contributed by atoms with van der Waals surface area (Å²) in [5.41, 5.74) is 0.166. The van der Waals surface area contributed by atoms with Crippen molar-refractivity contribution in [3.63, 3.8) is 0 Å². The maximum atomic E-state index is 14.7. The summed E-state index contributed by atoms with van der Waals surface area (Å²) in [5, 5.41) is 20.0. The molecule has 0 saturated heterocycles. The Labute approximate surface area is 184 Å². The fourth-order valence-corrected chi connectivity index (χ4v) is 4.69. The highest BCUT2D eigenvalue weighted by molar-refractivity contribution is 7.22. The van der Waals surface area contributed by atoms with E-state index < -0.39 is 48.1 Å². The number of halogens is 2. The number of aliphatic hydroxyl groups excluding tert-OH is 1. The van der Waals surface area contributed by atoms with Gasteiger partial charge >= 0.3 is 5.97 Å².